The van der Waals surface area contributed by atoms with E-state index in [2.05, 4.69) is 20.9 Å². The minimum absolute atomic E-state index is 0.181. The summed E-state index contributed by atoms with van der Waals surface area (Å²) in [6.45, 7) is 5.27. The van der Waals surface area contributed by atoms with Gasteiger partial charge in [-0.1, -0.05) is 0 Å². The highest BCUT2D eigenvalue weighted by Gasteiger charge is 2.41. The topological polar surface area (TPSA) is 65.2 Å². The van der Waals surface area contributed by atoms with Crippen molar-refractivity contribution in [2.24, 2.45) is 18.9 Å². The summed E-state index contributed by atoms with van der Waals surface area (Å²) in [5, 5.41) is 10.6. The molecule has 1 aromatic carbocycles. The second-order valence-electron chi connectivity index (χ2n) is 7.89. The van der Waals surface area contributed by atoms with Gasteiger partial charge in [0, 0.05) is 50.7 Å². The Labute approximate surface area is 171 Å². The number of rotatable bonds is 2. The number of anilines is 2. The van der Waals surface area contributed by atoms with Crippen molar-refractivity contribution in [3.63, 3.8) is 0 Å². The van der Waals surface area contributed by atoms with Crippen molar-refractivity contribution in [2.45, 2.75) is 6.92 Å². The van der Waals surface area contributed by atoms with Crippen molar-refractivity contribution in [1.29, 1.82) is 5.26 Å². The third kappa shape index (κ3) is 2.80. The van der Waals surface area contributed by atoms with E-state index in [0.717, 1.165) is 47.2 Å². The first-order valence-corrected chi connectivity index (χ1v) is 10.4. The minimum atomic E-state index is -0.261. The van der Waals surface area contributed by atoms with E-state index in [1.165, 1.54) is 28.0 Å². The van der Waals surface area contributed by atoms with Crippen LogP contribution in [0.5, 0.6) is 0 Å². The van der Waals surface area contributed by atoms with E-state index in [0.29, 0.717) is 17.5 Å². The summed E-state index contributed by atoms with van der Waals surface area (Å²) in [4.78, 5) is 22.7. The van der Waals surface area contributed by atoms with Crippen LogP contribution in [0.2, 0.25) is 0 Å². The van der Waals surface area contributed by atoms with Gasteiger partial charge in [0.15, 0.2) is 0 Å². The van der Waals surface area contributed by atoms with Crippen LogP contribution < -0.4 is 15.4 Å². The summed E-state index contributed by atoms with van der Waals surface area (Å²) in [6.07, 6.45) is 0. The Balaban J connectivity index is 1.47. The zero-order chi connectivity index (χ0) is 20.3. The Morgan fingerprint density at radius 1 is 1.14 bits per heavy atom. The highest BCUT2D eigenvalue weighted by atomic mass is 32.1. The Hall–Kier alpha value is -2.92. The summed E-state index contributed by atoms with van der Waals surface area (Å²) in [5.74, 6) is 0.646. The molecule has 29 heavy (non-hydrogen) atoms. The standard InChI is InChI=1S/C21H20FN5OS/c1-12-24-18-19(17(7-23)20(28)25(2)21(18)29-12)27-10-13-8-26(9-14(13)11-27)16-5-3-15(22)4-6-16/h3-6,13-14H,8-11H2,1-2H3/t13-,14-/m1/s1. The predicted octanol–water partition coefficient (Wildman–Crippen LogP) is 2.89. The molecule has 0 saturated carbocycles. The molecule has 0 spiro atoms. The molecule has 2 saturated heterocycles. The molecule has 2 fully saturated rings. The molecule has 0 unspecified atom stereocenters. The average molecular weight is 409 g/mol. The predicted molar refractivity (Wildman–Crippen MR) is 112 cm³/mol. The van der Waals surface area contributed by atoms with Crippen molar-refractivity contribution in [3.8, 4) is 6.07 Å². The van der Waals surface area contributed by atoms with Crippen molar-refractivity contribution in [3.05, 3.63) is 51.0 Å². The van der Waals surface area contributed by atoms with Crippen molar-refractivity contribution in [2.75, 3.05) is 36.0 Å². The van der Waals surface area contributed by atoms with Gasteiger partial charge in [0.05, 0.1) is 10.7 Å². The Bertz CT molecular complexity index is 1200. The summed E-state index contributed by atoms with van der Waals surface area (Å²) < 4.78 is 14.8. The van der Waals surface area contributed by atoms with Crippen LogP contribution >= 0.6 is 11.3 Å². The third-order valence-electron chi connectivity index (χ3n) is 6.11. The van der Waals surface area contributed by atoms with E-state index in [1.807, 2.05) is 19.1 Å². The SMILES string of the molecule is Cc1nc2c(N3C[C@H]4CN(c5ccc(F)cc5)C[C@@H]4C3)c(C#N)c(=O)n(C)c2s1. The first-order valence-electron chi connectivity index (χ1n) is 9.62. The zero-order valence-electron chi connectivity index (χ0n) is 16.2. The lowest BCUT2D eigenvalue weighted by atomic mass is 10.0. The number of nitriles is 1. The van der Waals surface area contributed by atoms with Crippen LogP contribution in [0.1, 0.15) is 10.6 Å². The molecule has 6 nitrogen and oxygen atoms in total. The fourth-order valence-electron chi connectivity index (χ4n) is 4.72. The van der Waals surface area contributed by atoms with Crippen molar-refractivity contribution < 1.29 is 4.39 Å². The maximum atomic E-state index is 13.2. The van der Waals surface area contributed by atoms with Gasteiger partial charge in [-0.2, -0.15) is 5.26 Å². The van der Waals surface area contributed by atoms with Gasteiger partial charge in [-0.05, 0) is 31.2 Å². The molecule has 2 aliphatic heterocycles. The number of aryl methyl sites for hydroxylation is 2. The fraction of sp³-hybridized carbons (Fsp3) is 0.381. The molecule has 5 rings (SSSR count). The van der Waals surface area contributed by atoms with Gasteiger partial charge in [0.1, 0.15) is 27.8 Å². The monoisotopic (exact) mass is 409 g/mol. The molecule has 8 heteroatoms. The van der Waals surface area contributed by atoms with Crippen molar-refractivity contribution >= 4 is 33.1 Å². The molecule has 2 atom stereocenters. The number of hydrogen-bond donors (Lipinski definition) is 0. The number of hydrogen-bond acceptors (Lipinski definition) is 6. The Morgan fingerprint density at radius 2 is 1.76 bits per heavy atom. The molecule has 2 aliphatic rings. The van der Waals surface area contributed by atoms with Crippen LogP contribution in [0.4, 0.5) is 15.8 Å². The van der Waals surface area contributed by atoms with Crippen LogP contribution in [0.25, 0.3) is 10.3 Å². The number of aromatic nitrogens is 2. The molecule has 0 amide bonds. The molecule has 0 bridgehead atoms. The van der Waals surface area contributed by atoms with Crippen LogP contribution in [-0.2, 0) is 7.05 Å². The Kier molecular flexibility index (Phi) is 4.10. The number of halogens is 1. The van der Waals surface area contributed by atoms with Gasteiger partial charge >= 0.3 is 0 Å². The van der Waals surface area contributed by atoms with Crippen LogP contribution in [-0.4, -0.2) is 35.7 Å². The fourth-order valence-corrected chi connectivity index (χ4v) is 5.60. The highest BCUT2D eigenvalue weighted by Crippen LogP contribution is 2.39. The van der Waals surface area contributed by atoms with Crippen LogP contribution in [0.3, 0.4) is 0 Å². The molecule has 3 aromatic rings. The maximum absolute atomic E-state index is 13.2. The van der Waals surface area contributed by atoms with Crippen LogP contribution in [0, 0.1) is 35.9 Å². The molecule has 2 aromatic heterocycles. The molecule has 0 radical (unpaired) electrons. The summed E-state index contributed by atoms with van der Waals surface area (Å²) >= 11 is 1.48. The highest BCUT2D eigenvalue weighted by molar-refractivity contribution is 7.18. The molecule has 4 heterocycles. The molecular formula is C21H20FN5OS. The van der Waals surface area contributed by atoms with E-state index >= 15 is 0 Å². The van der Waals surface area contributed by atoms with E-state index in [4.69, 9.17) is 0 Å². The number of thiazole rings is 1. The third-order valence-corrected chi connectivity index (χ3v) is 7.15. The van der Waals surface area contributed by atoms with E-state index < -0.39 is 0 Å². The van der Waals surface area contributed by atoms with Crippen LogP contribution in [0.15, 0.2) is 29.1 Å². The van der Waals surface area contributed by atoms with Gasteiger partial charge < -0.3 is 14.4 Å². The lowest BCUT2D eigenvalue weighted by Gasteiger charge is -2.25. The van der Waals surface area contributed by atoms with Gasteiger partial charge in [-0.3, -0.25) is 4.79 Å². The number of nitrogens with zero attached hydrogens (tertiary/aromatic N) is 5. The van der Waals surface area contributed by atoms with E-state index in [9.17, 15) is 14.4 Å². The largest absolute Gasteiger partial charge is 0.371 e. The lowest BCUT2D eigenvalue weighted by Crippen LogP contribution is -2.31. The van der Waals surface area contributed by atoms with Gasteiger partial charge in [0.2, 0.25) is 0 Å². The van der Waals surface area contributed by atoms with Crippen molar-refractivity contribution in [1.82, 2.24) is 9.55 Å². The first kappa shape index (κ1) is 18.1. The van der Waals surface area contributed by atoms with E-state index in [1.54, 1.807) is 7.05 Å². The Morgan fingerprint density at radius 3 is 2.38 bits per heavy atom. The lowest BCUT2D eigenvalue weighted by molar-refractivity contribution is 0.533. The zero-order valence-corrected chi connectivity index (χ0v) is 17.0. The number of benzene rings is 1. The van der Waals surface area contributed by atoms with E-state index in [-0.39, 0.29) is 16.9 Å². The molecule has 0 aliphatic carbocycles. The second-order valence-corrected chi connectivity index (χ2v) is 9.07. The first-order chi connectivity index (χ1) is 14.0. The normalized spacial score (nSPS) is 21.0. The summed E-state index contributed by atoms with van der Waals surface area (Å²) in [5.41, 5.74) is 2.40. The number of fused-ring (bicyclic) bond motifs is 2. The molecule has 0 N–H and O–H groups in total. The second kappa shape index (κ2) is 6.56. The average Bonchev–Trinajstić information content (AvgIpc) is 3.37. The summed E-state index contributed by atoms with van der Waals surface area (Å²) in [7, 11) is 1.70. The quantitative estimate of drug-likeness (QED) is 0.651. The van der Waals surface area contributed by atoms with Gasteiger partial charge in [-0.15, -0.1) is 11.3 Å². The summed E-state index contributed by atoms with van der Waals surface area (Å²) in [6, 6.07) is 8.77. The number of pyridine rings is 1. The maximum Gasteiger partial charge on any atom is 0.271 e. The molecule has 148 valence electrons. The minimum Gasteiger partial charge on any atom is -0.371 e. The van der Waals surface area contributed by atoms with Gasteiger partial charge in [-0.25, -0.2) is 9.37 Å². The van der Waals surface area contributed by atoms with Gasteiger partial charge in [0.25, 0.3) is 5.56 Å². The smallest absolute Gasteiger partial charge is 0.271 e. The molecular weight excluding hydrogens is 389 g/mol.